The lowest BCUT2D eigenvalue weighted by atomic mass is 10.0. The standard InChI is InChI=1S/C13H20N2O3S2/c1-10-6-8-19-12(10)9-14-13(16)11-5-3-4-7-15(11)20(2,17)18/h6,8,11H,3-5,7,9H2,1-2H3,(H,14,16). The van der Waals surface area contributed by atoms with Crippen LogP contribution in [0.25, 0.3) is 0 Å². The van der Waals surface area contributed by atoms with Crippen LogP contribution >= 0.6 is 11.3 Å². The SMILES string of the molecule is Cc1ccsc1CNC(=O)C1CCCCN1S(C)(=O)=O. The van der Waals surface area contributed by atoms with E-state index in [1.165, 1.54) is 10.6 Å². The van der Waals surface area contributed by atoms with Gasteiger partial charge in [0.2, 0.25) is 15.9 Å². The molecule has 7 heteroatoms. The van der Waals surface area contributed by atoms with E-state index in [1.54, 1.807) is 11.3 Å². The fourth-order valence-corrected chi connectivity index (χ4v) is 4.40. The van der Waals surface area contributed by atoms with Crippen molar-refractivity contribution in [3.63, 3.8) is 0 Å². The van der Waals surface area contributed by atoms with Gasteiger partial charge in [-0.2, -0.15) is 4.31 Å². The molecular formula is C13H20N2O3S2. The van der Waals surface area contributed by atoms with Gasteiger partial charge in [0, 0.05) is 11.4 Å². The molecule has 112 valence electrons. The maximum Gasteiger partial charge on any atom is 0.238 e. The molecule has 1 fully saturated rings. The summed E-state index contributed by atoms with van der Waals surface area (Å²) >= 11 is 1.60. The molecule has 1 atom stereocenters. The highest BCUT2D eigenvalue weighted by atomic mass is 32.2. The molecule has 0 saturated carbocycles. The molecule has 0 spiro atoms. The second kappa shape index (κ2) is 6.24. The van der Waals surface area contributed by atoms with Crippen molar-refractivity contribution in [2.24, 2.45) is 0 Å². The average molecular weight is 316 g/mol. The van der Waals surface area contributed by atoms with Crippen molar-refractivity contribution in [2.45, 2.75) is 38.8 Å². The number of rotatable bonds is 4. The molecule has 0 radical (unpaired) electrons. The van der Waals surface area contributed by atoms with Gasteiger partial charge in [0.15, 0.2) is 0 Å². The van der Waals surface area contributed by atoms with Crippen molar-refractivity contribution >= 4 is 27.3 Å². The van der Waals surface area contributed by atoms with E-state index in [0.717, 1.165) is 23.3 Å². The highest BCUT2D eigenvalue weighted by Crippen LogP contribution is 2.20. The number of thiophene rings is 1. The molecular weight excluding hydrogens is 296 g/mol. The van der Waals surface area contributed by atoms with E-state index in [9.17, 15) is 13.2 Å². The molecule has 1 aliphatic heterocycles. The molecule has 2 heterocycles. The molecule has 20 heavy (non-hydrogen) atoms. The van der Waals surface area contributed by atoms with Crippen molar-refractivity contribution in [1.82, 2.24) is 9.62 Å². The quantitative estimate of drug-likeness (QED) is 0.915. The molecule has 1 amide bonds. The first kappa shape index (κ1) is 15.5. The summed E-state index contributed by atoms with van der Waals surface area (Å²) in [6, 6.07) is 1.45. The minimum absolute atomic E-state index is 0.192. The number of carbonyl (C=O) groups is 1. The predicted octanol–water partition coefficient (Wildman–Crippen LogP) is 1.49. The number of amides is 1. The molecule has 2 rings (SSSR count). The van der Waals surface area contributed by atoms with Gasteiger partial charge in [-0.3, -0.25) is 4.79 Å². The monoisotopic (exact) mass is 316 g/mol. The van der Waals surface area contributed by atoms with Gasteiger partial charge in [0.25, 0.3) is 0 Å². The van der Waals surface area contributed by atoms with Crippen molar-refractivity contribution in [3.05, 3.63) is 21.9 Å². The third-order valence-corrected chi connectivity index (χ3v) is 5.89. The number of carbonyl (C=O) groups excluding carboxylic acids is 1. The zero-order valence-electron chi connectivity index (χ0n) is 11.8. The first-order chi connectivity index (χ1) is 9.39. The van der Waals surface area contributed by atoms with E-state index in [1.807, 2.05) is 18.4 Å². The highest BCUT2D eigenvalue weighted by Gasteiger charge is 2.34. The van der Waals surface area contributed by atoms with Crippen molar-refractivity contribution in [3.8, 4) is 0 Å². The summed E-state index contributed by atoms with van der Waals surface area (Å²) in [5.74, 6) is -0.192. The number of hydrogen-bond donors (Lipinski definition) is 1. The van der Waals surface area contributed by atoms with Gasteiger partial charge >= 0.3 is 0 Å². The summed E-state index contributed by atoms with van der Waals surface area (Å²) in [5.41, 5.74) is 1.15. The molecule has 5 nitrogen and oxygen atoms in total. The van der Waals surface area contributed by atoms with Crippen LogP contribution in [-0.2, 0) is 21.4 Å². The van der Waals surface area contributed by atoms with Gasteiger partial charge in [-0.05, 0) is 36.8 Å². The van der Waals surface area contributed by atoms with Crippen LogP contribution in [0, 0.1) is 6.92 Å². The van der Waals surface area contributed by atoms with Crippen LogP contribution in [-0.4, -0.2) is 37.5 Å². The number of piperidine rings is 1. The van der Waals surface area contributed by atoms with E-state index in [0.29, 0.717) is 19.5 Å². The van der Waals surface area contributed by atoms with Crippen LogP contribution in [0.1, 0.15) is 29.7 Å². The third kappa shape index (κ3) is 3.59. The number of sulfonamides is 1. The largest absolute Gasteiger partial charge is 0.350 e. The van der Waals surface area contributed by atoms with Gasteiger partial charge in [-0.1, -0.05) is 6.42 Å². The number of nitrogens with zero attached hydrogens (tertiary/aromatic N) is 1. The first-order valence-electron chi connectivity index (χ1n) is 6.67. The van der Waals surface area contributed by atoms with Crippen LogP contribution in [0.5, 0.6) is 0 Å². The predicted molar refractivity (Wildman–Crippen MR) is 80.1 cm³/mol. The summed E-state index contributed by atoms with van der Waals surface area (Å²) < 4.78 is 24.8. The summed E-state index contributed by atoms with van der Waals surface area (Å²) in [6.45, 7) is 2.91. The highest BCUT2D eigenvalue weighted by molar-refractivity contribution is 7.88. The van der Waals surface area contributed by atoms with Gasteiger partial charge < -0.3 is 5.32 Å². The Morgan fingerprint density at radius 1 is 1.50 bits per heavy atom. The Bertz CT molecular complexity index is 580. The van der Waals surface area contributed by atoms with Crippen molar-refractivity contribution in [1.29, 1.82) is 0 Å². The van der Waals surface area contributed by atoms with Crippen LogP contribution in [0.2, 0.25) is 0 Å². The zero-order chi connectivity index (χ0) is 14.8. The molecule has 0 bridgehead atoms. The fourth-order valence-electron chi connectivity index (χ4n) is 2.43. The summed E-state index contributed by atoms with van der Waals surface area (Å²) in [6.07, 6.45) is 3.48. The summed E-state index contributed by atoms with van der Waals surface area (Å²) in [5, 5.41) is 4.85. The zero-order valence-corrected chi connectivity index (χ0v) is 13.4. The van der Waals surface area contributed by atoms with Crippen LogP contribution in [0.3, 0.4) is 0 Å². The smallest absolute Gasteiger partial charge is 0.238 e. The molecule has 1 unspecified atom stereocenters. The Labute approximate surface area is 124 Å². The Balaban J connectivity index is 2.01. The summed E-state index contributed by atoms with van der Waals surface area (Å²) in [4.78, 5) is 13.4. The number of aryl methyl sites for hydroxylation is 1. The maximum atomic E-state index is 12.2. The van der Waals surface area contributed by atoms with Crippen molar-refractivity contribution < 1.29 is 13.2 Å². The molecule has 1 N–H and O–H groups in total. The Morgan fingerprint density at radius 3 is 2.85 bits per heavy atom. The van der Waals surface area contributed by atoms with Gasteiger partial charge in [-0.15, -0.1) is 11.3 Å². The third-order valence-electron chi connectivity index (χ3n) is 3.57. The fraction of sp³-hybridized carbons (Fsp3) is 0.615. The Hall–Kier alpha value is -0.920. The molecule has 1 aromatic rings. The minimum atomic E-state index is -3.33. The normalized spacial score (nSPS) is 20.8. The molecule has 0 aliphatic carbocycles. The molecule has 1 saturated heterocycles. The second-order valence-corrected chi connectivity index (χ2v) is 8.07. The van der Waals surface area contributed by atoms with Crippen LogP contribution < -0.4 is 5.32 Å². The average Bonchev–Trinajstić information content (AvgIpc) is 2.80. The van der Waals surface area contributed by atoms with E-state index < -0.39 is 16.1 Å². The topological polar surface area (TPSA) is 66.5 Å². The number of hydrogen-bond acceptors (Lipinski definition) is 4. The molecule has 1 aromatic heterocycles. The van der Waals surface area contributed by atoms with Crippen LogP contribution in [0.15, 0.2) is 11.4 Å². The van der Waals surface area contributed by atoms with Gasteiger partial charge in [0.1, 0.15) is 6.04 Å². The van der Waals surface area contributed by atoms with Crippen molar-refractivity contribution in [2.75, 3.05) is 12.8 Å². The Kier molecular flexibility index (Phi) is 4.82. The van der Waals surface area contributed by atoms with E-state index in [2.05, 4.69) is 5.32 Å². The lowest BCUT2D eigenvalue weighted by Crippen LogP contribution is -2.51. The molecule has 0 aromatic carbocycles. The maximum absolute atomic E-state index is 12.2. The van der Waals surface area contributed by atoms with E-state index in [-0.39, 0.29) is 5.91 Å². The van der Waals surface area contributed by atoms with Crippen LogP contribution in [0.4, 0.5) is 0 Å². The molecule has 1 aliphatic rings. The van der Waals surface area contributed by atoms with E-state index in [4.69, 9.17) is 0 Å². The lowest BCUT2D eigenvalue weighted by molar-refractivity contribution is -0.125. The summed E-state index contributed by atoms with van der Waals surface area (Å²) in [7, 11) is -3.33. The van der Waals surface area contributed by atoms with Gasteiger partial charge in [0.05, 0.1) is 12.8 Å². The lowest BCUT2D eigenvalue weighted by Gasteiger charge is -2.32. The Morgan fingerprint density at radius 2 is 2.25 bits per heavy atom. The van der Waals surface area contributed by atoms with E-state index >= 15 is 0 Å². The second-order valence-electron chi connectivity index (χ2n) is 5.13. The van der Waals surface area contributed by atoms with Gasteiger partial charge in [-0.25, -0.2) is 8.42 Å². The number of nitrogens with one attached hydrogen (secondary N) is 1. The first-order valence-corrected chi connectivity index (χ1v) is 9.40. The minimum Gasteiger partial charge on any atom is -0.350 e.